The van der Waals surface area contributed by atoms with Gasteiger partial charge in [-0.05, 0) is 94.0 Å². The Kier molecular flexibility index (Phi) is 10.3. The molecule has 3 aromatic rings. The van der Waals surface area contributed by atoms with Crippen molar-refractivity contribution in [2.24, 2.45) is 11.0 Å². The molecule has 0 aromatic heterocycles. The van der Waals surface area contributed by atoms with E-state index in [1.165, 1.54) is 6.21 Å². The van der Waals surface area contributed by atoms with Crippen LogP contribution in [0.25, 0.3) is 0 Å². The van der Waals surface area contributed by atoms with Gasteiger partial charge in [0.15, 0.2) is 0 Å². The Bertz CT molecular complexity index is 1220. The van der Waals surface area contributed by atoms with Gasteiger partial charge in [0.05, 0.1) is 10.7 Å². The lowest BCUT2D eigenvalue weighted by molar-refractivity contribution is -0.123. The molecule has 1 unspecified atom stereocenters. The second-order valence-electron chi connectivity index (χ2n) is 8.50. The summed E-state index contributed by atoms with van der Waals surface area (Å²) in [5.74, 6) is 0.110. The van der Waals surface area contributed by atoms with Crippen LogP contribution in [0.4, 0.5) is 0 Å². The van der Waals surface area contributed by atoms with E-state index in [-0.39, 0.29) is 11.8 Å². The van der Waals surface area contributed by atoms with Crippen LogP contribution in [-0.4, -0.2) is 24.1 Å². The first-order valence-electron chi connectivity index (χ1n) is 11.3. The average Bonchev–Trinajstić information content (AvgIpc) is 2.84. The lowest BCUT2D eigenvalue weighted by atomic mass is 10.0. The quantitative estimate of drug-likeness (QED) is 0.205. The third-order valence-corrected chi connectivity index (χ3v) is 6.21. The van der Waals surface area contributed by atoms with E-state index in [4.69, 9.17) is 27.9 Å². The third-order valence-electron chi connectivity index (χ3n) is 5.09. The molecule has 0 spiro atoms. The number of nitrogens with zero attached hydrogens (tertiary/aromatic N) is 1. The molecule has 0 aliphatic rings. The Morgan fingerprint density at radius 2 is 1.64 bits per heavy atom. The highest BCUT2D eigenvalue weighted by molar-refractivity contribution is 9.10. The first kappa shape index (κ1) is 27.7. The summed E-state index contributed by atoms with van der Waals surface area (Å²) >= 11 is 15.3. The van der Waals surface area contributed by atoms with E-state index in [1.807, 2.05) is 56.3 Å². The van der Waals surface area contributed by atoms with E-state index in [9.17, 15) is 9.59 Å². The van der Waals surface area contributed by atoms with E-state index in [2.05, 4.69) is 31.8 Å². The van der Waals surface area contributed by atoms with Crippen LogP contribution in [0, 0.1) is 5.92 Å². The Hall–Kier alpha value is -2.87. The average molecular weight is 591 g/mol. The van der Waals surface area contributed by atoms with Crippen molar-refractivity contribution in [1.82, 2.24) is 10.7 Å². The number of hydrogen-bond donors (Lipinski definition) is 2. The number of hydrazone groups is 1. The van der Waals surface area contributed by atoms with E-state index >= 15 is 0 Å². The summed E-state index contributed by atoms with van der Waals surface area (Å²) in [6.45, 7) is 4.36. The third kappa shape index (κ3) is 8.66. The standard InChI is InChI=1S/C27H26BrCl2N3O3/c1-17(2)13-24(32-26(34)20-6-10-22(30)11-7-20)27(35)33-31-15-19-5-12-25(23(28)14-19)36-16-18-3-8-21(29)9-4-18/h3-12,14-15,17,24H,13,16H2,1-2H3,(H,32,34)(H,33,35)/b31-15+. The number of carbonyl (C=O) groups is 2. The molecule has 0 fully saturated rings. The zero-order valence-electron chi connectivity index (χ0n) is 19.8. The SMILES string of the molecule is CC(C)CC(NC(=O)c1ccc(Cl)cc1)C(=O)N/N=C/c1ccc(OCc2ccc(Cl)cc2)c(Br)c1. The maximum atomic E-state index is 12.8. The molecule has 2 N–H and O–H groups in total. The number of halogens is 3. The van der Waals surface area contributed by atoms with Crippen LogP contribution in [0.5, 0.6) is 5.75 Å². The van der Waals surface area contributed by atoms with Crippen LogP contribution in [0.3, 0.4) is 0 Å². The number of benzene rings is 3. The largest absolute Gasteiger partial charge is 0.488 e. The minimum Gasteiger partial charge on any atom is -0.488 e. The molecule has 188 valence electrons. The molecule has 9 heteroatoms. The number of ether oxygens (including phenoxy) is 1. The van der Waals surface area contributed by atoms with Gasteiger partial charge in [-0.15, -0.1) is 0 Å². The number of amides is 2. The summed E-state index contributed by atoms with van der Waals surface area (Å²) in [5, 5.41) is 8.06. The van der Waals surface area contributed by atoms with Gasteiger partial charge in [-0.2, -0.15) is 5.10 Å². The van der Waals surface area contributed by atoms with Crippen molar-refractivity contribution in [2.45, 2.75) is 32.9 Å². The molecular formula is C27H26BrCl2N3O3. The molecule has 0 saturated carbocycles. The molecule has 0 aliphatic carbocycles. The molecule has 3 aromatic carbocycles. The molecule has 0 aliphatic heterocycles. The highest BCUT2D eigenvalue weighted by Gasteiger charge is 2.22. The van der Waals surface area contributed by atoms with Crippen LogP contribution < -0.4 is 15.5 Å². The summed E-state index contributed by atoms with van der Waals surface area (Å²) in [5.41, 5.74) is 4.70. The van der Waals surface area contributed by atoms with E-state index in [1.54, 1.807) is 24.3 Å². The molecule has 6 nitrogen and oxygen atoms in total. The van der Waals surface area contributed by atoms with E-state index < -0.39 is 11.9 Å². The van der Waals surface area contributed by atoms with Gasteiger partial charge in [0.25, 0.3) is 11.8 Å². The predicted molar refractivity (Wildman–Crippen MR) is 148 cm³/mol. The normalized spacial score (nSPS) is 11.9. The molecule has 3 rings (SSSR count). The zero-order valence-corrected chi connectivity index (χ0v) is 22.9. The van der Waals surface area contributed by atoms with Gasteiger partial charge in [0.2, 0.25) is 0 Å². The summed E-state index contributed by atoms with van der Waals surface area (Å²) < 4.78 is 6.61. The maximum absolute atomic E-state index is 12.8. The van der Waals surface area contributed by atoms with E-state index in [0.717, 1.165) is 15.6 Å². The van der Waals surface area contributed by atoms with Crippen molar-refractivity contribution in [2.75, 3.05) is 0 Å². The summed E-state index contributed by atoms with van der Waals surface area (Å²) in [6.07, 6.45) is 1.99. The Morgan fingerprint density at radius 3 is 2.25 bits per heavy atom. The molecule has 0 saturated heterocycles. The molecule has 0 radical (unpaired) electrons. The maximum Gasteiger partial charge on any atom is 0.262 e. The van der Waals surface area contributed by atoms with Crippen molar-refractivity contribution >= 4 is 57.2 Å². The monoisotopic (exact) mass is 589 g/mol. The minimum atomic E-state index is -0.735. The number of nitrogens with one attached hydrogen (secondary N) is 2. The molecule has 0 heterocycles. The summed E-state index contributed by atoms with van der Waals surface area (Å²) in [6, 6.07) is 18.7. The second-order valence-corrected chi connectivity index (χ2v) is 10.2. The van der Waals surface area contributed by atoms with Gasteiger partial charge in [0, 0.05) is 15.6 Å². The molecule has 2 amide bonds. The van der Waals surface area contributed by atoms with Gasteiger partial charge >= 0.3 is 0 Å². The Balaban J connectivity index is 1.58. The van der Waals surface area contributed by atoms with Crippen molar-refractivity contribution in [3.05, 3.63) is 97.9 Å². The summed E-state index contributed by atoms with van der Waals surface area (Å²) in [7, 11) is 0. The first-order chi connectivity index (χ1) is 17.2. The molecule has 0 bridgehead atoms. The van der Waals surface area contributed by atoms with Crippen molar-refractivity contribution in [1.29, 1.82) is 0 Å². The van der Waals surface area contributed by atoms with Gasteiger partial charge < -0.3 is 10.1 Å². The molecule has 36 heavy (non-hydrogen) atoms. The number of rotatable bonds is 10. The fourth-order valence-corrected chi connectivity index (χ4v) is 4.01. The van der Waals surface area contributed by atoms with Crippen molar-refractivity contribution in [3.8, 4) is 5.75 Å². The van der Waals surface area contributed by atoms with Crippen LogP contribution >= 0.6 is 39.1 Å². The predicted octanol–water partition coefficient (Wildman–Crippen LogP) is 6.63. The lowest BCUT2D eigenvalue weighted by Gasteiger charge is -2.19. The molecular weight excluding hydrogens is 565 g/mol. The minimum absolute atomic E-state index is 0.187. The van der Waals surface area contributed by atoms with Crippen LogP contribution in [0.15, 0.2) is 76.3 Å². The van der Waals surface area contributed by atoms with Crippen LogP contribution in [0.2, 0.25) is 10.0 Å². The van der Waals surface area contributed by atoms with Gasteiger partial charge in [-0.1, -0.05) is 49.2 Å². The summed E-state index contributed by atoms with van der Waals surface area (Å²) in [4.78, 5) is 25.3. The van der Waals surface area contributed by atoms with Gasteiger partial charge in [-0.25, -0.2) is 5.43 Å². The highest BCUT2D eigenvalue weighted by Crippen LogP contribution is 2.26. The Morgan fingerprint density at radius 1 is 1.00 bits per heavy atom. The lowest BCUT2D eigenvalue weighted by Crippen LogP contribution is -2.46. The van der Waals surface area contributed by atoms with E-state index in [0.29, 0.717) is 34.4 Å². The van der Waals surface area contributed by atoms with Crippen LogP contribution in [-0.2, 0) is 11.4 Å². The fourth-order valence-electron chi connectivity index (χ4n) is 3.25. The van der Waals surface area contributed by atoms with Crippen molar-refractivity contribution < 1.29 is 14.3 Å². The number of hydrogen-bond acceptors (Lipinski definition) is 4. The Labute approximate surface area is 229 Å². The molecule has 1 atom stereocenters. The first-order valence-corrected chi connectivity index (χ1v) is 12.8. The fraction of sp³-hybridized carbons (Fsp3) is 0.222. The van der Waals surface area contributed by atoms with Crippen molar-refractivity contribution in [3.63, 3.8) is 0 Å². The number of carbonyl (C=O) groups excluding carboxylic acids is 2. The smallest absolute Gasteiger partial charge is 0.262 e. The van der Waals surface area contributed by atoms with Crippen LogP contribution in [0.1, 0.15) is 41.8 Å². The van der Waals surface area contributed by atoms with Gasteiger partial charge in [-0.3, -0.25) is 9.59 Å². The highest BCUT2D eigenvalue weighted by atomic mass is 79.9. The van der Waals surface area contributed by atoms with Gasteiger partial charge in [0.1, 0.15) is 18.4 Å². The zero-order chi connectivity index (χ0) is 26.1. The topological polar surface area (TPSA) is 79.8 Å². The second kappa shape index (κ2) is 13.4.